The van der Waals surface area contributed by atoms with Gasteiger partial charge in [-0.15, -0.1) is 11.3 Å². The summed E-state index contributed by atoms with van der Waals surface area (Å²) in [6, 6.07) is 3.11. The van der Waals surface area contributed by atoms with E-state index >= 15 is 0 Å². The van der Waals surface area contributed by atoms with Crippen molar-refractivity contribution in [2.45, 2.75) is 0 Å². The normalized spacial score (nSPS) is 10.7. The summed E-state index contributed by atoms with van der Waals surface area (Å²) in [5, 5.41) is 8.65. The molecule has 0 saturated heterocycles. The number of carboxylic acids is 1. The van der Waals surface area contributed by atoms with Crippen LogP contribution in [0.15, 0.2) is 18.2 Å². The third-order valence-corrected chi connectivity index (χ3v) is 2.92. The Balaban J connectivity index is 2.82. The average Bonchev–Trinajstić information content (AvgIpc) is 2.57. The number of rotatable bonds is 1. The van der Waals surface area contributed by atoms with E-state index in [-0.39, 0.29) is 15.0 Å². The molecule has 1 heterocycles. The zero-order chi connectivity index (χ0) is 10.3. The molecule has 2 rings (SSSR count). The van der Waals surface area contributed by atoms with Gasteiger partial charge in [0.1, 0.15) is 16.5 Å². The van der Waals surface area contributed by atoms with Gasteiger partial charge in [-0.1, -0.05) is 0 Å². The third-order valence-electron chi connectivity index (χ3n) is 1.79. The molecule has 2 nitrogen and oxygen atoms in total. The Kier molecular flexibility index (Phi) is 1.96. The lowest BCUT2D eigenvalue weighted by molar-refractivity contribution is 0.0702. The maximum absolute atomic E-state index is 13.1. The van der Waals surface area contributed by atoms with Crippen molar-refractivity contribution in [2.75, 3.05) is 0 Å². The number of hydrogen-bond donors (Lipinski definition) is 1. The summed E-state index contributed by atoms with van der Waals surface area (Å²) < 4.78 is 26.2. The molecule has 0 atom stereocenters. The number of halogens is 2. The van der Waals surface area contributed by atoms with Crippen LogP contribution in [0.3, 0.4) is 0 Å². The van der Waals surface area contributed by atoms with Crippen LogP contribution in [0.2, 0.25) is 0 Å². The van der Waals surface area contributed by atoms with Crippen LogP contribution in [-0.4, -0.2) is 11.1 Å². The van der Waals surface area contributed by atoms with Gasteiger partial charge in [-0.05, 0) is 18.2 Å². The first kappa shape index (κ1) is 9.08. The van der Waals surface area contributed by atoms with Gasteiger partial charge in [0.15, 0.2) is 0 Å². The van der Waals surface area contributed by atoms with Crippen molar-refractivity contribution in [2.24, 2.45) is 0 Å². The smallest absolute Gasteiger partial charge is 0.345 e. The molecular formula is C9H4F2O2S. The van der Waals surface area contributed by atoms with Crippen LogP contribution >= 0.6 is 11.3 Å². The highest BCUT2D eigenvalue weighted by molar-refractivity contribution is 7.20. The third kappa shape index (κ3) is 1.26. The van der Waals surface area contributed by atoms with Crippen molar-refractivity contribution in [3.05, 3.63) is 34.7 Å². The highest BCUT2D eigenvalue weighted by Gasteiger charge is 2.13. The number of carboxylic acid groups (broad SMARTS) is 1. The van der Waals surface area contributed by atoms with E-state index in [0.29, 0.717) is 0 Å². The number of aromatic carboxylic acids is 1. The first-order chi connectivity index (χ1) is 6.59. The SMILES string of the molecule is O=C(O)c1cc2c(F)ccc(F)c2s1. The molecule has 1 aromatic carbocycles. The molecule has 0 spiro atoms. The fourth-order valence-electron chi connectivity index (χ4n) is 1.16. The molecule has 1 aromatic heterocycles. The van der Waals surface area contributed by atoms with Gasteiger partial charge in [0.2, 0.25) is 0 Å². The quantitative estimate of drug-likeness (QED) is 0.792. The van der Waals surface area contributed by atoms with Crippen LogP contribution in [0, 0.1) is 11.6 Å². The van der Waals surface area contributed by atoms with Crippen molar-refractivity contribution >= 4 is 27.4 Å². The van der Waals surface area contributed by atoms with Crippen LogP contribution in [0.5, 0.6) is 0 Å². The zero-order valence-electron chi connectivity index (χ0n) is 6.75. The summed E-state index contributed by atoms with van der Waals surface area (Å²) in [6.45, 7) is 0. The van der Waals surface area contributed by atoms with Gasteiger partial charge >= 0.3 is 5.97 Å². The number of benzene rings is 1. The molecule has 14 heavy (non-hydrogen) atoms. The first-order valence-corrected chi connectivity index (χ1v) is 4.52. The summed E-state index contributed by atoms with van der Waals surface area (Å²) in [6.07, 6.45) is 0. The molecule has 0 bridgehead atoms. The Bertz CT molecular complexity index is 480. The van der Waals surface area contributed by atoms with Crippen LogP contribution in [0.4, 0.5) is 8.78 Å². The monoisotopic (exact) mass is 214 g/mol. The zero-order valence-corrected chi connectivity index (χ0v) is 7.57. The molecule has 72 valence electrons. The van der Waals surface area contributed by atoms with E-state index in [1.165, 1.54) is 0 Å². The molecule has 0 radical (unpaired) electrons. The number of fused-ring (bicyclic) bond motifs is 1. The molecule has 2 aromatic rings. The second kappa shape index (κ2) is 3.02. The predicted octanol–water partition coefficient (Wildman–Crippen LogP) is 2.88. The van der Waals surface area contributed by atoms with E-state index in [4.69, 9.17) is 5.11 Å². The predicted molar refractivity (Wildman–Crippen MR) is 48.7 cm³/mol. The molecule has 0 aliphatic carbocycles. The molecule has 0 aliphatic heterocycles. The van der Waals surface area contributed by atoms with Crippen molar-refractivity contribution in [1.82, 2.24) is 0 Å². The van der Waals surface area contributed by atoms with Crippen LogP contribution in [0.1, 0.15) is 9.67 Å². The van der Waals surface area contributed by atoms with E-state index in [9.17, 15) is 13.6 Å². The number of thiophene rings is 1. The summed E-state index contributed by atoms with van der Waals surface area (Å²) in [5.41, 5.74) is 0. The maximum Gasteiger partial charge on any atom is 0.345 e. The van der Waals surface area contributed by atoms with E-state index in [1.807, 2.05) is 0 Å². The van der Waals surface area contributed by atoms with Gasteiger partial charge in [-0.25, -0.2) is 13.6 Å². The minimum absolute atomic E-state index is 0.0207. The van der Waals surface area contributed by atoms with Crippen molar-refractivity contribution in [3.63, 3.8) is 0 Å². The molecule has 0 amide bonds. The van der Waals surface area contributed by atoms with Crippen molar-refractivity contribution in [3.8, 4) is 0 Å². The fraction of sp³-hybridized carbons (Fsp3) is 0. The van der Waals surface area contributed by atoms with Gasteiger partial charge in [0.05, 0.1) is 4.70 Å². The van der Waals surface area contributed by atoms with Crippen LogP contribution in [-0.2, 0) is 0 Å². The van der Waals surface area contributed by atoms with Gasteiger partial charge in [0, 0.05) is 5.39 Å². The molecule has 0 saturated carbocycles. The fourth-order valence-corrected chi connectivity index (χ4v) is 2.08. The largest absolute Gasteiger partial charge is 0.477 e. The summed E-state index contributed by atoms with van der Waals surface area (Å²) in [7, 11) is 0. The lowest BCUT2D eigenvalue weighted by atomic mass is 10.2. The highest BCUT2D eigenvalue weighted by Crippen LogP contribution is 2.29. The Hall–Kier alpha value is -1.49. The maximum atomic E-state index is 13.1. The van der Waals surface area contributed by atoms with Crippen LogP contribution in [0.25, 0.3) is 10.1 Å². The molecule has 5 heteroatoms. The second-order valence-corrected chi connectivity index (χ2v) is 3.74. The summed E-state index contributed by atoms with van der Waals surface area (Å²) in [4.78, 5) is 10.5. The molecule has 0 unspecified atom stereocenters. The Labute approximate surface area is 81.4 Å². The molecular weight excluding hydrogens is 210 g/mol. The number of carbonyl (C=O) groups is 1. The topological polar surface area (TPSA) is 37.3 Å². The second-order valence-electron chi connectivity index (χ2n) is 2.69. The minimum Gasteiger partial charge on any atom is -0.477 e. The van der Waals surface area contributed by atoms with E-state index in [1.54, 1.807) is 0 Å². The van der Waals surface area contributed by atoms with E-state index < -0.39 is 17.6 Å². The van der Waals surface area contributed by atoms with Crippen molar-refractivity contribution < 1.29 is 18.7 Å². The van der Waals surface area contributed by atoms with Gasteiger partial charge in [-0.3, -0.25) is 0 Å². The van der Waals surface area contributed by atoms with Crippen LogP contribution < -0.4 is 0 Å². The van der Waals surface area contributed by atoms with Crippen molar-refractivity contribution in [1.29, 1.82) is 0 Å². The molecule has 0 aliphatic rings. The number of hydrogen-bond acceptors (Lipinski definition) is 2. The average molecular weight is 214 g/mol. The van der Waals surface area contributed by atoms with Gasteiger partial charge in [0.25, 0.3) is 0 Å². The minimum atomic E-state index is -1.18. The van der Waals surface area contributed by atoms with E-state index in [0.717, 1.165) is 29.5 Å². The highest BCUT2D eigenvalue weighted by atomic mass is 32.1. The summed E-state index contributed by atoms with van der Waals surface area (Å²) >= 11 is 0.732. The van der Waals surface area contributed by atoms with Gasteiger partial charge < -0.3 is 5.11 Å². The lowest BCUT2D eigenvalue weighted by Crippen LogP contribution is -1.89. The standard InChI is InChI=1S/C9H4F2O2S/c10-5-1-2-6(11)8-4(5)3-7(14-8)9(12)13/h1-3H,(H,12,13). The first-order valence-electron chi connectivity index (χ1n) is 3.70. The summed E-state index contributed by atoms with van der Waals surface area (Å²) in [5.74, 6) is -2.38. The Morgan fingerprint density at radius 2 is 1.93 bits per heavy atom. The molecule has 1 N–H and O–H groups in total. The molecule has 0 fully saturated rings. The Morgan fingerprint density at radius 3 is 2.50 bits per heavy atom. The van der Waals surface area contributed by atoms with E-state index in [2.05, 4.69) is 0 Å². The van der Waals surface area contributed by atoms with Gasteiger partial charge in [-0.2, -0.15) is 0 Å². The Morgan fingerprint density at radius 1 is 1.29 bits per heavy atom. The lowest BCUT2D eigenvalue weighted by Gasteiger charge is -1.91.